The van der Waals surface area contributed by atoms with E-state index in [-0.39, 0.29) is 11.8 Å². The van der Waals surface area contributed by atoms with Gasteiger partial charge in [-0.1, -0.05) is 0 Å². The first-order valence-corrected chi connectivity index (χ1v) is 7.21. The lowest BCUT2D eigenvalue weighted by atomic mass is 10.3. The molecule has 116 valence electrons. The van der Waals surface area contributed by atoms with Gasteiger partial charge in [-0.15, -0.1) is 0 Å². The molecule has 1 aliphatic heterocycles. The van der Waals surface area contributed by atoms with Crippen LogP contribution in [0.3, 0.4) is 0 Å². The fraction of sp³-hybridized carbons (Fsp3) is 0.643. The third kappa shape index (κ3) is 3.81. The third-order valence-corrected chi connectivity index (χ3v) is 3.77. The molecule has 1 fully saturated rings. The van der Waals surface area contributed by atoms with Crippen LogP contribution in [-0.4, -0.2) is 83.3 Å². The van der Waals surface area contributed by atoms with Crippen molar-refractivity contribution in [3.63, 3.8) is 0 Å². The largest absolute Gasteiger partial charge is 0.348 e. The molecule has 7 heteroatoms. The Morgan fingerprint density at radius 1 is 1.29 bits per heavy atom. The Hall–Kier alpha value is -1.89. The standard InChI is InChI=1S/C14H23N5O2/c1-11-13(16-10-15-11)14(21)19-6-4-5-18(7-8-19)9-12(20)17(2)3/h10H,4-9H2,1-3H3,(H,15,16). The number of carbonyl (C=O) groups is 2. The predicted molar refractivity (Wildman–Crippen MR) is 79.0 cm³/mol. The molecule has 0 unspecified atom stereocenters. The molecule has 1 N–H and O–H groups in total. The minimum absolute atomic E-state index is 0.0328. The van der Waals surface area contributed by atoms with Crippen molar-refractivity contribution in [2.24, 2.45) is 0 Å². The Balaban J connectivity index is 1.93. The maximum absolute atomic E-state index is 12.4. The number of aryl methyl sites for hydroxylation is 1. The van der Waals surface area contributed by atoms with Crippen molar-refractivity contribution in [2.45, 2.75) is 13.3 Å². The second-order valence-corrected chi connectivity index (χ2v) is 5.59. The summed E-state index contributed by atoms with van der Waals surface area (Å²) < 4.78 is 0. The van der Waals surface area contributed by atoms with Crippen LogP contribution in [0.5, 0.6) is 0 Å². The number of rotatable bonds is 3. The minimum atomic E-state index is -0.0328. The van der Waals surface area contributed by atoms with Crippen LogP contribution in [-0.2, 0) is 4.79 Å². The van der Waals surface area contributed by atoms with Crippen LogP contribution in [0, 0.1) is 6.92 Å². The molecule has 0 aromatic carbocycles. The molecule has 0 aliphatic carbocycles. The van der Waals surface area contributed by atoms with E-state index in [9.17, 15) is 9.59 Å². The number of carbonyl (C=O) groups excluding carboxylic acids is 2. The number of imidazole rings is 1. The summed E-state index contributed by atoms with van der Waals surface area (Å²) in [6.45, 7) is 5.15. The van der Waals surface area contributed by atoms with Crippen LogP contribution in [0.25, 0.3) is 0 Å². The summed E-state index contributed by atoms with van der Waals surface area (Å²) in [7, 11) is 3.52. The van der Waals surface area contributed by atoms with E-state index < -0.39 is 0 Å². The van der Waals surface area contributed by atoms with Crippen LogP contribution in [0.1, 0.15) is 22.6 Å². The highest BCUT2D eigenvalue weighted by atomic mass is 16.2. The van der Waals surface area contributed by atoms with E-state index in [1.165, 1.54) is 0 Å². The first-order valence-electron chi connectivity index (χ1n) is 7.21. The summed E-state index contributed by atoms with van der Waals surface area (Å²) in [6, 6.07) is 0. The SMILES string of the molecule is Cc1[nH]cnc1C(=O)N1CCCN(CC(=O)N(C)C)CC1. The number of nitrogens with zero attached hydrogens (tertiary/aromatic N) is 4. The fourth-order valence-electron chi connectivity index (χ4n) is 2.39. The van der Waals surface area contributed by atoms with E-state index in [4.69, 9.17) is 0 Å². The zero-order valence-electron chi connectivity index (χ0n) is 12.9. The van der Waals surface area contributed by atoms with Gasteiger partial charge in [-0.25, -0.2) is 4.98 Å². The average Bonchev–Trinajstić information content (AvgIpc) is 2.73. The molecule has 2 rings (SSSR count). The van der Waals surface area contributed by atoms with E-state index in [1.807, 2.05) is 11.8 Å². The molecule has 0 atom stereocenters. The molecule has 0 saturated carbocycles. The minimum Gasteiger partial charge on any atom is -0.348 e. The van der Waals surface area contributed by atoms with Crippen molar-refractivity contribution in [3.05, 3.63) is 17.7 Å². The van der Waals surface area contributed by atoms with Crippen molar-refractivity contribution in [1.82, 2.24) is 24.7 Å². The first kappa shape index (κ1) is 15.5. The first-order chi connectivity index (χ1) is 9.99. The summed E-state index contributed by atoms with van der Waals surface area (Å²) in [4.78, 5) is 36.7. The molecule has 0 bridgehead atoms. The molecule has 7 nitrogen and oxygen atoms in total. The van der Waals surface area contributed by atoms with E-state index in [0.29, 0.717) is 25.3 Å². The lowest BCUT2D eigenvalue weighted by Gasteiger charge is -2.22. The molecule has 0 radical (unpaired) electrons. The number of likely N-dealkylation sites (N-methyl/N-ethyl adjacent to an activating group) is 1. The normalized spacial score (nSPS) is 16.6. The number of amides is 2. The smallest absolute Gasteiger partial charge is 0.274 e. The quantitative estimate of drug-likeness (QED) is 0.848. The summed E-state index contributed by atoms with van der Waals surface area (Å²) in [5.41, 5.74) is 1.29. The summed E-state index contributed by atoms with van der Waals surface area (Å²) in [5, 5.41) is 0. The molecule has 21 heavy (non-hydrogen) atoms. The van der Waals surface area contributed by atoms with Gasteiger partial charge in [0.05, 0.1) is 12.9 Å². The number of aromatic nitrogens is 2. The molecule has 1 aromatic heterocycles. The van der Waals surface area contributed by atoms with E-state index in [1.54, 1.807) is 25.3 Å². The van der Waals surface area contributed by atoms with Crippen molar-refractivity contribution in [1.29, 1.82) is 0 Å². The number of H-pyrrole nitrogens is 1. The zero-order valence-corrected chi connectivity index (χ0v) is 12.9. The number of hydrogen-bond donors (Lipinski definition) is 1. The molecular formula is C14H23N5O2. The zero-order chi connectivity index (χ0) is 15.4. The second kappa shape index (κ2) is 6.71. The van der Waals surface area contributed by atoms with Gasteiger partial charge < -0.3 is 14.8 Å². The lowest BCUT2D eigenvalue weighted by Crippen LogP contribution is -2.39. The van der Waals surface area contributed by atoms with E-state index >= 15 is 0 Å². The van der Waals surface area contributed by atoms with Gasteiger partial charge in [0.1, 0.15) is 5.69 Å². The van der Waals surface area contributed by atoms with Crippen LogP contribution in [0.4, 0.5) is 0 Å². The van der Waals surface area contributed by atoms with Gasteiger partial charge in [-0.05, 0) is 13.3 Å². The highest BCUT2D eigenvalue weighted by molar-refractivity contribution is 5.93. The molecule has 1 saturated heterocycles. The van der Waals surface area contributed by atoms with Gasteiger partial charge in [0.25, 0.3) is 5.91 Å². The number of hydrogen-bond acceptors (Lipinski definition) is 4. The molecule has 2 heterocycles. The third-order valence-electron chi connectivity index (χ3n) is 3.77. The second-order valence-electron chi connectivity index (χ2n) is 5.59. The lowest BCUT2D eigenvalue weighted by molar-refractivity contribution is -0.129. The monoisotopic (exact) mass is 293 g/mol. The van der Waals surface area contributed by atoms with Gasteiger partial charge in [-0.2, -0.15) is 0 Å². The Labute approximate surface area is 124 Å². The Bertz CT molecular complexity index is 511. The highest BCUT2D eigenvalue weighted by Crippen LogP contribution is 2.10. The summed E-state index contributed by atoms with van der Waals surface area (Å²) in [5.74, 6) is 0.0625. The Kier molecular flexibility index (Phi) is 4.95. The summed E-state index contributed by atoms with van der Waals surface area (Å²) in [6.07, 6.45) is 2.42. The Morgan fingerprint density at radius 2 is 2.05 bits per heavy atom. The van der Waals surface area contributed by atoms with E-state index in [2.05, 4.69) is 14.9 Å². The summed E-state index contributed by atoms with van der Waals surface area (Å²) >= 11 is 0. The van der Waals surface area contributed by atoms with Gasteiger partial charge in [-0.3, -0.25) is 14.5 Å². The number of nitrogens with one attached hydrogen (secondary N) is 1. The van der Waals surface area contributed by atoms with Crippen LogP contribution >= 0.6 is 0 Å². The van der Waals surface area contributed by atoms with Crippen molar-refractivity contribution in [3.8, 4) is 0 Å². The maximum atomic E-state index is 12.4. The molecule has 1 aromatic rings. The highest BCUT2D eigenvalue weighted by Gasteiger charge is 2.23. The topological polar surface area (TPSA) is 72.5 Å². The molecular weight excluding hydrogens is 270 g/mol. The van der Waals surface area contributed by atoms with Crippen molar-refractivity contribution < 1.29 is 9.59 Å². The average molecular weight is 293 g/mol. The van der Waals surface area contributed by atoms with Gasteiger partial charge in [0, 0.05) is 46.0 Å². The van der Waals surface area contributed by atoms with Crippen molar-refractivity contribution in [2.75, 3.05) is 46.8 Å². The number of aromatic amines is 1. The maximum Gasteiger partial charge on any atom is 0.274 e. The van der Waals surface area contributed by atoms with Gasteiger partial charge in [0.2, 0.25) is 5.91 Å². The fourth-order valence-corrected chi connectivity index (χ4v) is 2.39. The molecule has 1 aliphatic rings. The molecule has 0 spiro atoms. The van der Waals surface area contributed by atoms with Crippen LogP contribution in [0.15, 0.2) is 6.33 Å². The Morgan fingerprint density at radius 3 is 2.67 bits per heavy atom. The van der Waals surface area contributed by atoms with Gasteiger partial charge >= 0.3 is 0 Å². The van der Waals surface area contributed by atoms with E-state index in [0.717, 1.165) is 25.2 Å². The van der Waals surface area contributed by atoms with Crippen LogP contribution in [0.2, 0.25) is 0 Å². The van der Waals surface area contributed by atoms with Crippen LogP contribution < -0.4 is 0 Å². The predicted octanol–water partition coefficient (Wildman–Crippen LogP) is -0.0458. The van der Waals surface area contributed by atoms with Gasteiger partial charge in [0.15, 0.2) is 0 Å². The molecule has 2 amide bonds. The van der Waals surface area contributed by atoms with Crippen molar-refractivity contribution >= 4 is 11.8 Å².